The van der Waals surface area contributed by atoms with Crippen molar-refractivity contribution in [2.45, 2.75) is 58.6 Å². The lowest BCUT2D eigenvalue weighted by molar-refractivity contribution is -0.0645. The van der Waals surface area contributed by atoms with E-state index in [4.69, 9.17) is 10.5 Å². The second-order valence-corrected chi connectivity index (χ2v) is 4.78. The maximum atomic E-state index is 6.48. The van der Waals surface area contributed by atoms with Crippen LogP contribution in [-0.4, -0.2) is 12.2 Å². The molecule has 2 nitrogen and oxygen atoms in total. The molecular weight excluding hydrogens is 222 g/mol. The Balaban J connectivity index is 3.04. The summed E-state index contributed by atoms with van der Waals surface area (Å²) in [6.07, 6.45) is 2.92. The van der Waals surface area contributed by atoms with Crippen LogP contribution in [0.25, 0.3) is 0 Å². The number of rotatable bonds is 7. The SMILES string of the molecule is CCOC(CC)(CC)C(N)c1cccc(CC)c1. The van der Waals surface area contributed by atoms with Gasteiger partial charge in [0.15, 0.2) is 0 Å². The second-order valence-electron chi connectivity index (χ2n) is 4.78. The molecule has 0 fully saturated rings. The molecule has 102 valence electrons. The van der Waals surface area contributed by atoms with Crippen molar-refractivity contribution in [3.8, 4) is 0 Å². The molecule has 0 bridgehead atoms. The number of nitrogens with two attached hydrogens (primary N) is 1. The monoisotopic (exact) mass is 249 g/mol. The van der Waals surface area contributed by atoms with Gasteiger partial charge in [0.25, 0.3) is 0 Å². The van der Waals surface area contributed by atoms with Crippen molar-refractivity contribution in [2.75, 3.05) is 6.61 Å². The molecule has 0 spiro atoms. The van der Waals surface area contributed by atoms with Crippen LogP contribution in [0.5, 0.6) is 0 Å². The largest absolute Gasteiger partial charge is 0.373 e. The van der Waals surface area contributed by atoms with Crippen molar-refractivity contribution in [1.29, 1.82) is 0 Å². The zero-order chi connectivity index (χ0) is 13.6. The minimum Gasteiger partial charge on any atom is -0.373 e. The van der Waals surface area contributed by atoms with Crippen LogP contribution in [0.2, 0.25) is 0 Å². The van der Waals surface area contributed by atoms with Crippen LogP contribution in [0.15, 0.2) is 24.3 Å². The Morgan fingerprint density at radius 2 is 1.83 bits per heavy atom. The normalized spacial score (nSPS) is 13.6. The van der Waals surface area contributed by atoms with Gasteiger partial charge in [0.2, 0.25) is 0 Å². The summed E-state index contributed by atoms with van der Waals surface area (Å²) in [5.41, 5.74) is 8.77. The van der Waals surface area contributed by atoms with Gasteiger partial charge in [-0.05, 0) is 37.3 Å². The Hall–Kier alpha value is -0.860. The second kappa shape index (κ2) is 6.91. The topological polar surface area (TPSA) is 35.2 Å². The third-order valence-electron chi connectivity index (χ3n) is 3.91. The maximum Gasteiger partial charge on any atom is 0.0868 e. The number of ether oxygens (including phenoxy) is 1. The molecular formula is C16H27NO. The maximum absolute atomic E-state index is 6.48. The molecule has 1 atom stereocenters. The van der Waals surface area contributed by atoms with Crippen molar-refractivity contribution in [3.63, 3.8) is 0 Å². The number of hydrogen-bond acceptors (Lipinski definition) is 2. The van der Waals surface area contributed by atoms with Gasteiger partial charge in [-0.15, -0.1) is 0 Å². The minimum atomic E-state index is -0.235. The number of benzene rings is 1. The molecule has 0 heterocycles. The molecule has 0 aliphatic rings. The third-order valence-corrected chi connectivity index (χ3v) is 3.91. The Morgan fingerprint density at radius 3 is 2.33 bits per heavy atom. The van der Waals surface area contributed by atoms with Gasteiger partial charge in [-0.25, -0.2) is 0 Å². The molecule has 2 heteroatoms. The highest BCUT2D eigenvalue weighted by molar-refractivity contribution is 5.28. The fraction of sp³-hybridized carbons (Fsp3) is 0.625. The van der Waals surface area contributed by atoms with Crippen LogP contribution >= 0.6 is 0 Å². The van der Waals surface area contributed by atoms with Gasteiger partial charge in [-0.2, -0.15) is 0 Å². The zero-order valence-corrected chi connectivity index (χ0v) is 12.2. The smallest absolute Gasteiger partial charge is 0.0868 e. The summed E-state index contributed by atoms with van der Waals surface area (Å²) >= 11 is 0. The fourth-order valence-corrected chi connectivity index (χ4v) is 2.58. The van der Waals surface area contributed by atoms with E-state index in [0.717, 1.165) is 19.3 Å². The van der Waals surface area contributed by atoms with Gasteiger partial charge in [-0.1, -0.05) is 45.0 Å². The first-order chi connectivity index (χ1) is 8.63. The summed E-state index contributed by atoms with van der Waals surface area (Å²) in [5, 5.41) is 0. The molecule has 18 heavy (non-hydrogen) atoms. The van der Waals surface area contributed by atoms with Crippen LogP contribution in [0.4, 0.5) is 0 Å². The summed E-state index contributed by atoms with van der Waals surface area (Å²) in [4.78, 5) is 0. The minimum absolute atomic E-state index is 0.0565. The molecule has 0 saturated carbocycles. The molecule has 1 rings (SSSR count). The first-order valence-electron chi connectivity index (χ1n) is 7.11. The Bertz CT molecular complexity index is 358. The van der Waals surface area contributed by atoms with Gasteiger partial charge in [0.1, 0.15) is 0 Å². The lowest BCUT2D eigenvalue weighted by atomic mass is 9.84. The van der Waals surface area contributed by atoms with Gasteiger partial charge < -0.3 is 10.5 Å². The standard InChI is InChI=1S/C16H27NO/c1-5-13-10-9-11-14(12-13)15(17)16(6-2,7-3)18-8-4/h9-12,15H,5-8,17H2,1-4H3. The lowest BCUT2D eigenvalue weighted by Gasteiger charge is -2.37. The van der Waals surface area contributed by atoms with E-state index in [-0.39, 0.29) is 11.6 Å². The fourth-order valence-electron chi connectivity index (χ4n) is 2.58. The predicted octanol–water partition coefficient (Wildman–Crippen LogP) is 3.84. The number of hydrogen-bond donors (Lipinski definition) is 1. The van der Waals surface area contributed by atoms with Crippen LogP contribution in [0, 0.1) is 0 Å². The molecule has 0 radical (unpaired) electrons. The van der Waals surface area contributed by atoms with Crippen molar-refractivity contribution in [3.05, 3.63) is 35.4 Å². The van der Waals surface area contributed by atoms with Crippen molar-refractivity contribution in [2.24, 2.45) is 5.73 Å². The molecule has 0 amide bonds. The van der Waals surface area contributed by atoms with E-state index in [1.54, 1.807) is 0 Å². The Labute approximate surface area is 112 Å². The van der Waals surface area contributed by atoms with E-state index in [9.17, 15) is 0 Å². The van der Waals surface area contributed by atoms with Crippen LogP contribution in [-0.2, 0) is 11.2 Å². The van der Waals surface area contributed by atoms with E-state index in [2.05, 4.69) is 45.0 Å². The zero-order valence-electron chi connectivity index (χ0n) is 12.2. The molecule has 0 aliphatic carbocycles. The lowest BCUT2D eigenvalue weighted by Crippen LogP contribution is -2.43. The average Bonchev–Trinajstić information content (AvgIpc) is 2.44. The van der Waals surface area contributed by atoms with Gasteiger partial charge in [0.05, 0.1) is 11.6 Å². The van der Waals surface area contributed by atoms with E-state index < -0.39 is 0 Å². The molecule has 1 aromatic carbocycles. The first-order valence-corrected chi connectivity index (χ1v) is 7.11. The van der Waals surface area contributed by atoms with Crippen molar-refractivity contribution in [1.82, 2.24) is 0 Å². The highest BCUT2D eigenvalue weighted by atomic mass is 16.5. The van der Waals surface area contributed by atoms with E-state index >= 15 is 0 Å². The molecule has 0 saturated heterocycles. The molecule has 2 N–H and O–H groups in total. The Kier molecular flexibility index (Phi) is 5.83. The Morgan fingerprint density at radius 1 is 1.17 bits per heavy atom. The van der Waals surface area contributed by atoms with E-state index in [1.165, 1.54) is 11.1 Å². The summed E-state index contributed by atoms with van der Waals surface area (Å²) in [7, 11) is 0. The third kappa shape index (κ3) is 3.12. The van der Waals surface area contributed by atoms with Crippen LogP contribution in [0.1, 0.15) is 57.7 Å². The summed E-state index contributed by atoms with van der Waals surface area (Å²) < 4.78 is 5.99. The van der Waals surface area contributed by atoms with Gasteiger partial charge >= 0.3 is 0 Å². The number of aryl methyl sites for hydroxylation is 1. The van der Waals surface area contributed by atoms with Gasteiger partial charge in [0, 0.05) is 6.61 Å². The molecule has 0 aromatic heterocycles. The quantitative estimate of drug-likeness (QED) is 0.796. The predicted molar refractivity (Wildman–Crippen MR) is 77.7 cm³/mol. The van der Waals surface area contributed by atoms with E-state index in [1.807, 2.05) is 6.92 Å². The van der Waals surface area contributed by atoms with Gasteiger partial charge in [-0.3, -0.25) is 0 Å². The van der Waals surface area contributed by atoms with E-state index in [0.29, 0.717) is 6.61 Å². The van der Waals surface area contributed by atoms with Crippen LogP contribution < -0.4 is 5.73 Å². The van der Waals surface area contributed by atoms with Crippen molar-refractivity contribution < 1.29 is 4.74 Å². The van der Waals surface area contributed by atoms with Crippen LogP contribution in [0.3, 0.4) is 0 Å². The average molecular weight is 249 g/mol. The molecule has 0 aliphatic heterocycles. The van der Waals surface area contributed by atoms with Crippen molar-refractivity contribution >= 4 is 0 Å². The molecule has 1 unspecified atom stereocenters. The first kappa shape index (κ1) is 15.2. The highest BCUT2D eigenvalue weighted by Crippen LogP contribution is 2.33. The molecule has 1 aromatic rings. The summed E-state index contributed by atoms with van der Waals surface area (Å²) in [6, 6.07) is 8.51. The highest BCUT2D eigenvalue weighted by Gasteiger charge is 2.34. The summed E-state index contributed by atoms with van der Waals surface area (Å²) in [6.45, 7) is 9.23. The summed E-state index contributed by atoms with van der Waals surface area (Å²) in [5.74, 6) is 0.